The highest BCUT2D eigenvalue weighted by atomic mass is 35.5. The number of amides is 1. The van der Waals surface area contributed by atoms with Crippen LogP contribution >= 0.6 is 11.6 Å². The number of aryl methyl sites for hydroxylation is 1. The number of halogens is 1. The summed E-state index contributed by atoms with van der Waals surface area (Å²) in [6, 6.07) is 6.61. The second kappa shape index (κ2) is 7.00. The lowest BCUT2D eigenvalue weighted by Crippen LogP contribution is -2.30. The number of aromatic nitrogens is 2. The smallest absolute Gasteiger partial charge is 0.342 e. The fourth-order valence-corrected chi connectivity index (χ4v) is 1.85. The van der Waals surface area contributed by atoms with Crippen molar-refractivity contribution in [3.63, 3.8) is 0 Å². The van der Waals surface area contributed by atoms with E-state index in [4.69, 9.17) is 16.3 Å². The third-order valence-corrected chi connectivity index (χ3v) is 3.18. The van der Waals surface area contributed by atoms with E-state index in [1.54, 1.807) is 18.3 Å². The molecule has 2 rings (SSSR count). The predicted molar refractivity (Wildman–Crippen MR) is 81.7 cm³/mol. The van der Waals surface area contributed by atoms with E-state index in [-0.39, 0.29) is 10.7 Å². The van der Waals surface area contributed by atoms with Gasteiger partial charge in [0, 0.05) is 12.4 Å². The molecule has 0 aliphatic carbocycles. The van der Waals surface area contributed by atoms with E-state index >= 15 is 0 Å². The number of esters is 1. The zero-order valence-corrected chi connectivity index (χ0v) is 12.8. The summed E-state index contributed by atoms with van der Waals surface area (Å²) < 4.78 is 5.09. The van der Waals surface area contributed by atoms with E-state index in [1.165, 1.54) is 19.2 Å². The van der Waals surface area contributed by atoms with Crippen molar-refractivity contribution in [2.75, 3.05) is 5.32 Å². The fourth-order valence-electron chi connectivity index (χ4n) is 1.65. The van der Waals surface area contributed by atoms with E-state index < -0.39 is 18.0 Å². The largest absolute Gasteiger partial charge is 0.449 e. The monoisotopic (exact) mass is 319 g/mol. The van der Waals surface area contributed by atoms with Crippen molar-refractivity contribution in [3.8, 4) is 0 Å². The Balaban J connectivity index is 2.01. The second-order valence-electron chi connectivity index (χ2n) is 4.55. The first-order valence-electron chi connectivity index (χ1n) is 6.53. The standard InChI is InChI=1S/C15H14ClN3O3/c1-9-5-3-8-18-13(9)19-14(20)10(2)22-15(21)11-6-4-7-17-12(11)16/h3-8,10H,1-2H3,(H,18,19,20). The van der Waals surface area contributed by atoms with Crippen molar-refractivity contribution in [2.45, 2.75) is 20.0 Å². The van der Waals surface area contributed by atoms with E-state index in [2.05, 4.69) is 15.3 Å². The maximum absolute atomic E-state index is 12.0. The van der Waals surface area contributed by atoms with Crippen LogP contribution < -0.4 is 5.32 Å². The molecule has 0 aromatic carbocycles. The number of anilines is 1. The van der Waals surface area contributed by atoms with Crippen LogP contribution in [0.1, 0.15) is 22.8 Å². The van der Waals surface area contributed by atoms with E-state index in [0.717, 1.165) is 5.56 Å². The summed E-state index contributed by atoms with van der Waals surface area (Å²) >= 11 is 5.81. The van der Waals surface area contributed by atoms with E-state index in [0.29, 0.717) is 5.82 Å². The van der Waals surface area contributed by atoms with Crippen LogP contribution in [0.4, 0.5) is 5.82 Å². The molecule has 2 aromatic rings. The maximum Gasteiger partial charge on any atom is 0.342 e. The lowest BCUT2D eigenvalue weighted by Gasteiger charge is -2.14. The summed E-state index contributed by atoms with van der Waals surface area (Å²) in [6.07, 6.45) is 2.03. The van der Waals surface area contributed by atoms with Crippen molar-refractivity contribution in [1.29, 1.82) is 0 Å². The normalized spacial score (nSPS) is 11.6. The molecule has 1 amide bonds. The van der Waals surface area contributed by atoms with Crippen molar-refractivity contribution in [1.82, 2.24) is 9.97 Å². The molecule has 2 aromatic heterocycles. The van der Waals surface area contributed by atoms with Crippen LogP contribution in [0.5, 0.6) is 0 Å². The molecule has 0 saturated heterocycles. The topological polar surface area (TPSA) is 81.2 Å². The van der Waals surface area contributed by atoms with Crippen LogP contribution in [0, 0.1) is 6.92 Å². The summed E-state index contributed by atoms with van der Waals surface area (Å²) in [6.45, 7) is 3.28. The minimum absolute atomic E-state index is 0.0284. The van der Waals surface area contributed by atoms with Gasteiger partial charge in [0.1, 0.15) is 11.0 Å². The summed E-state index contributed by atoms with van der Waals surface area (Å²) in [5.74, 6) is -0.761. The number of ether oxygens (including phenoxy) is 1. The van der Waals surface area contributed by atoms with Gasteiger partial charge in [-0.3, -0.25) is 4.79 Å². The minimum Gasteiger partial charge on any atom is -0.449 e. The molecule has 2 heterocycles. The summed E-state index contributed by atoms with van der Waals surface area (Å²) in [5.41, 5.74) is 0.919. The number of nitrogens with zero attached hydrogens (tertiary/aromatic N) is 2. The van der Waals surface area contributed by atoms with Gasteiger partial charge in [-0.2, -0.15) is 0 Å². The SMILES string of the molecule is Cc1cccnc1NC(=O)C(C)OC(=O)c1cccnc1Cl. The van der Waals surface area contributed by atoms with Gasteiger partial charge in [0.2, 0.25) is 0 Å². The molecular formula is C15H14ClN3O3. The average Bonchev–Trinajstić information content (AvgIpc) is 2.49. The third kappa shape index (κ3) is 3.79. The first kappa shape index (κ1) is 15.9. The van der Waals surface area contributed by atoms with Crippen LogP contribution in [-0.2, 0) is 9.53 Å². The van der Waals surface area contributed by atoms with E-state index in [1.807, 2.05) is 13.0 Å². The van der Waals surface area contributed by atoms with Gasteiger partial charge in [0.25, 0.3) is 5.91 Å². The molecule has 7 heteroatoms. The van der Waals surface area contributed by atoms with Gasteiger partial charge < -0.3 is 10.1 Å². The highest BCUT2D eigenvalue weighted by molar-refractivity contribution is 6.32. The van der Waals surface area contributed by atoms with Crippen LogP contribution in [0.2, 0.25) is 5.15 Å². The molecule has 0 fully saturated rings. The molecule has 6 nitrogen and oxygen atoms in total. The Bertz CT molecular complexity index is 706. The number of carbonyl (C=O) groups is 2. The highest BCUT2D eigenvalue weighted by Crippen LogP contribution is 2.15. The van der Waals surface area contributed by atoms with Gasteiger partial charge in [-0.1, -0.05) is 17.7 Å². The first-order valence-corrected chi connectivity index (χ1v) is 6.91. The number of rotatable bonds is 4. The number of nitrogens with one attached hydrogen (secondary N) is 1. The zero-order chi connectivity index (χ0) is 16.1. The lowest BCUT2D eigenvalue weighted by atomic mass is 10.2. The van der Waals surface area contributed by atoms with Gasteiger partial charge in [-0.15, -0.1) is 0 Å². The van der Waals surface area contributed by atoms with Gasteiger partial charge in [0.15, 0.2) is 6.10 Å². The second-order valence-corrected chi connectivity index (χ2v) is 4.91. The Hall–Kier alpha value is -2.47. The van der Waals surface area contributed by atoms with Gasteiger partial charge in [-0.25, -0.2) is 14.8 Å². The van der Waals surface area contributed by atoms with Crippen LogP contribution in [0.3, 0.4) is 0 Å². The number of carbonyl (C=O) groups excluding carboxylic acids is 2. The fraction of sp³-hybridized carbons (Fsp3) is 0.200. The Kier molecular flexibility index (Phi) is 5.06. The minimum atomic E-state index is -0.995. The Morgan fingerprint density at radius 3 is 2.59 bits per heavy atom. The van der Waals surface area contributed by atoms with Crippen molar-refractivity contribution in [2.24, 2.45) is 0 Å². The summed E-state index contributed by atoms with van der Waals surface area (Å²) in [5, 5.41) is 2.63. The summed E-state index contributed by atoms with van der Waals surface area (Å²) in [4.78, 5) is 31.8. The van der Waals surface area contributed by atoms with Crippen LogP contribution in [-0.4, -0.2) is 27.9 Å². The molecule has 1 atom stereocenters. The molecule has 1 unspecified atom stereocenters. The number of hydrogen-bond donors (Lipinski definition) is 1. The zero-order valence-electron chi connectivity index (χ0n) is 12.0. The molecule has 0 radical (unpaired) electrons. The molecule has 1 N–H and O–H groups in total. The van der Waals surface area contributed by atoms with Gasteiger partial charge in [-0.05, 0) is 37.6 Å². The highest BCUT2D eigenvalue weighted by Gasteiger charge is 2.21. The molecule has 22 heavy (non-hydrogen) atoms. The van der Waals surface area contributed by atoms with Crippen LogP contribution in [0.25, 0.3) is 0 Å². The Morgan fingerprint density at radius 2 is 1.91 bits per heavy atom. The molecule has 0 aliphatic heterocycles. The predicted octanol–water partition coefficient (Wildman–Crippen LogP) is 2.62. The first-order chi connectivity index (χ1) is 10.5. The number of hydrogen-bond acceptors (Lipinski definition) is 5. The van der Waals surface area contributed by atoms with Crippen molar-refractivity contribution in [3.05, 3.63) is 52.9 Å². The van der Waals surface area contributed by atoms with Gasteiger partial charge >= 0.3 is 5.97 Å². The van der Waals surface area contributed by atoms with E-state index in [9.17, 15) is 9.59 Å². The maximum atomic E-state index is 12.0. The molecule has 0 aliphatic rings. The molecular weight excluding hydrogens is 306 g/mol. The number of pyridine rings is 2. The third-order valence-electron chi connectivity index (χ3n) is 2.88. The Labute approximate surface area is 132 Å². The van der Waals surface area contributed by atoms with Gasteiger partial charge in [0.05, 0.1) is 5.56 Å². The van der Waals surface area contributed by atoms with Crippen molar-refractivity contribution >= 4 is 29.3 Å². The molecule has 114 valence electrons. The molecule has 0 bridgehead atoms. The van der Waals surface area contributed by atoms with Crippen molar-refractivity contribution < 1.29 is 14.3 Å². The molecule has 0 spiro atoms. The quantitative estimate of drug-likeness (QED) is 0.692. The Morgan fingerprint density at radius 1 is 1.23 bits per heavy atom. The van der Waals surface area contributed by atoms with Crippen LogP contribution in [0.15, 0.2) is 36.7 Å². The average molecular weight is 320 g/mol. The molecule has 0 saturated carbocycles. The lowest BCUT2D eigenvalue weighted by molar-refractivity contribution is -0.123. The summed E-state index contributed by atoms with van der Waals surface area (Å²) in [7, 11) is 0.